The Bertz CT molecular complexity index is 565. The van der Waals surface area contributed by atoms with Crippen LogP contribution in [0.2, 0.25) is 0 Å². The first-order valence-corrected chi connectivity index (χ1v) is 6.53. The average Bonchev–Trinajstić information content (AvgIpc) is 2.94. The molecule has 3 rings (SSSR count). The van der Waals surface area contributed by atoms with Crippen molar-refractivity contribution in [3.63, 3.8) is 0 Å². The van der Waals surface area contributed by atoms with Gasteiger partial charge in [-0.1, -0.05) is 0 Å². The number of aryl methyl sites for hydroxylation is 1. The van der Waals surface area contributed by atoms with E-state index in [-0.39, 0.29) is 5.91 Å². The number of nitrogens with zero attached hydrogens (tertiary/aromatic N) is 3. The van der Waals surface area contributed by atoms with Gasteiger partial charge in [-0.05, 0) is 0 Å². The second kappa shape index (κ2) is 4.51. The summed E-state index contributed by atoms with van der Waals surface area (Å²) in [5, 5.41) is 6.73. The molecule has 2 N–H and O–H groups in total. The van der Waals surface area contributed by atoms with Crippen LogP contribution >= 0.6 is 11.3 Å². The van der Waals surface area contributed by atoms with Crippen LogP contribution in [0.25, 0.3) is 0 Å². The lowest BCUT2D eigenvalue weighted by Gasteiger charge is -2.09. The predicted molar refractivity (Wildman–Crippen MR) is 68.7 cm³/mol. The topological polar surface area (TPSA) is 71.8 Å². The van der Waals surface area contributed by atoms with Crippen molar-refractivity contribution in [2.45, 2.75) is 13.0 Å². The van der Waals surface area contributed by atoms with E-state index in [0.29, 0.717) is 11.0 Å². The molecule has 0 unspecified atom stereocenters. The molecule has 0 saturated heterocycles. The quantitative estimate of drug-likeness (QED) is 0.839. The minimum atomic E-state index is -0.221. The van der Waals surface area contributed by atoms with Gasteiger partial charge in [0.25, 0.3) is 5.91 Å². The minimum absolute atomic E-state index is 0.221. The van der Waals surface area contributed by atoms with Crippen LogP contribution in [0.15, 0.2) is 12.4 Å². The Hall–Kier alpha value is -1.73. The number of hydrogen-bond donors (Lipinski definition) is 2. The van der Waals surface area contributed by atoms with Crippen molar-refractivity contribution in [1.82, 2.24) is 19.9 Å². The molecule has 6 nitrogen and oxygen atoms in total. The zero-order valence-corrected chi connectivity index (χ0v) is 10.8. The summed E-state index contributed by atoms with van der Waals surface area (Å²) in [6, 6.07) is 0. The Morgan fingerprint density at radius 3 is 3.22 bits per heavy atom. The van der Waals surface area contributed by atoms with Gasteiger partial charge in [0, 0.05) is 43.8 Å². The number of thiazole rings is 1. The number of carbonyl (C=O) groups is 1. The number of amides is 1. The molecule has 0 spiro atoms. The van der Waals surface area contributed by atoms with Crippen LogP contribution in [-0.4, -0.2) is 27.0 Å². The molecule has 2 aromatic heterocycles. The highest BCUT2D eigenvalue weighted by molar-refractivity contribution is 7.15. The fourth-order valence-corrected chi connectivity index (χ4v) is 2.89. The number of rotatable bonds is 2. The van der Waals surface area contributed by atoms with E-state index in [0.717, 1.165) is 25.2 Å². The lowest BCUT2D eigenvalue weighted by Crippen LogP contribution is -2.22. The molecular weight excluding hydrogens is 250 g/mol. The van der Waals surface area contributed by atoms with Crippen molar-refractivity contribution < 1.29 is 4.79 Å². The second-order valence-electron chi connectivity index (χ2n) is 4.13. The lowest BCUT2D eigenvalue weighted by atomic mass is 10.2. The first-order chi connectivity index (χ1) is 8.74. The van der Waals surface area contributed by atoms with Crippen molar-refractivity contribution in [1.29, 1.82) is 0 Å². The highest BCUT2D eigenvalue weighted by Gasteiger charge is 2.17. The van der Waals surface area contributed by atoms with Crippen LogP contribution in [0.1, 0.15) is 21.2 Å². The standard InChI is InChI=1S/C11H13N5OS/c1-16-5-4-13-9(16)10(17)15-11-14-7-2-3-12-6-8(7)18-11/h4-5,12H,2-3,6H2,1H3,(H,14,15,17). The van der Waals surface area contributed by atoms with Crippen LogP contribution < -0.4 is 10.6 Å². The molecule has 1 aliphatic rings. The summed E-state index contributed by atoms with van der Waals surface area (Å²) in [5.41, 5.74) is 1.09. The van der Waals surface area contributed by atoms with Gasteiger partial charge in [-0.3, -0.25) is 10.1 Å². The van der Waals surface area contributed by atoms with Gasteiger partial charge in [0.1, 0.15) is 0 Å². The largest absolute Gasteiger partial charge is 0.330 e. The second-order valence-corrected chi connectivity index (χ2v) is 5.22. The van der Waals surface area contributed by atoms with Gasteiger partial charge in [0.15, 0.2) is 11.0 Å². The van der Waals surface area contributed by atoms with Crippen LogP contribution in [0.4, 0.5) is 5.13 Å². The molecule has 0 atom stereocenters. The number of nitrogens with one attached hydrogen (secondary N) is 2. The molecule has 18 heavy (non-hydrogen) atoms. The third-order valence-electron chi connectivity index (χ3n) is 2.85. The van der Waals surface area contributed by atoms with Gasteiger partial charge < -0.3 is 9.88 Å². The van der Waals surface area contributed by atoms with Crippen molar-refractivity contribution in [3.05, 3.63) is 28.8 Å². The van der Waals surface area contributed by atoms with Gasteiger partial charge >= 0.3 is 0 Å². The Labute approximate surface area is 108 Å². The summed E-state index contributed by atoms with van der Waals surface area (Å²) in [4.78, 5) is 21.6. The number of hydrogen-bond acceptors (Lipinski definition) is 5. The SMILES string of the molecule is Cn1ccnc1C(=O)Nc1nc2c(s1)CNCC2. The molecule has 1 aliphatic heterocycles. The normalized spacial score (nSPS) is 14.3. The Balaban J connectivity index is 1.79. The Morgan fingerprint density at radius 1 is 1.61 bits per heavy atom. The highest BCUT2D eigenvalue weighted by atomic mass is 32.1. The maximum Gasteiger partial charge on any atom is 0.293 e. The van der Waals surface area contributed by atoms with Gasteiger partial charge in [0.2, 0.25) is 0 Å². The van der Waals surface area contributed by atoms with E-state index in [1.165, 1.54) is 16.2 Å². The summed E-state index contributed by atoms with van der Waals surface area (Å²) in [6.07, 6.45) is 4.27. The van der Waals surface area contributed by atoms with Crippen molar-refractivity contribution in [2.24, 2.45) is 7.05 Å². The Morgan fingerprint density at radius 2 is 2.50 bits per heavy atom. The fourth-order valence-electron chi connectivity index (χ4n) is 1.92. The van der Waals surface area contributed by atoms with Crippen molar-refractivity contribution >= 4 is 22.4 Å². The van der Waals surface area contributed by atoms with E-state index in [1.54, 1.807) is 24.0 Å². The van der Waals surface area contributed by atoms with Crippen molar-refractivity contribution in [3.8, 4) is 0 Å². The molecule has 1 amide bonds. The van der Waals surface area contributed by atoms with Gasteiger partial charge in [-0.25, -0.2) is 9.97 Å². The fraction of sp³-hybridized carbons (Fsp3) is 0.364. The molecule has 7 heteroatoms. The lowest BCUT2D eigenvalue weighted by molar-refractivity contribution is 0.101. The zero-order chi connectivity index (χ0) is 12.5. The summed E-state index contributed by atoms with van der Waals surface area (Å²) in [6.45, 7) is 1.79. The van der Waals surface area contributed by atoms with Crippen LogP contribution in [0.5, 0.6) is 0 Å². The van der Waals surface area contributed by atoms with Crippen LogP contribution in [0.3, 0.4) is 0 Å². The average molecular weight is 263 g/mol. The predicted octanol–water partition coefficient (Wildman–Crippen LogP) is 0.775. The van der Waals surface area contributed by atoms with E-state index < -0.39 is 0 Å². The molecule has 0 saturated carbocycles. The number of anilines is 1. The van der Waals surface area contributed by atoms with Gasteiger partial charge in [-0.15, -0.1) is 11.3 Å². The summed E-state index contributed by atoms with van der Waals surface area (Å²) in [7, 11) is 1.79. The number of carbonyl (C=O) groups excluding carboxylic acids is 1. The molecule has 0 aliphatic carbocycles. The van der Waals surface area contributed by atoms with Crippen molar-refractivity contribution in [2.75, 3.05) is 11.9 Å². The van der Waals surface area contributed by atoms with E-state index in [9.17, 15) is 4.79 Å². The third-order valence-corrected chi connectivity index (χ3v) is 3.86. The number of imidazole rings is 1. The summed E-state index contributed by atoms with van der Waals surface area (Å²) < 4.78 is 1.68. The first-order valence-electron chi connectivity index (χ1n) is 5.72. The molecular formula is C11H13N5OS. The monoisotopic (exact) mass is 263 g/mol. The molecule has 3 heterocycles. The van der Waals surface area contributed by atoms with Gasteiger partial charge in [0.05, 0.1) is 5.69 Å². The van der Waals surface area contributed by atoms with Gasteiger partial charge in [-0.2, -0.15) is 0 Å². The molecule has 2 aromatic rings. The number of aromatic nitrogens is 3. The van der Waals surface area contributed by atoms with E-state index >= 15 is 0 Å². The maximum atomic E-state index is 12.0. The van der Waals surface area contributed by atoms with Crippen LogP contribution in [-0.2, 0) is 20.0 Å². The first kappa shape index (κ1) is 11.4. The molecule has 0 aromatic carbocycles. The summed E-state index contributed by atoms with van der Waals surface area (Å²) >= 11 is 1.52. The highest BCUT2D eigenvalue weighted by Crippen LogP contribution is 2.25. The maximum absolute atomic E-state index is 12.0. The minimum Gasteiger partial charge on any atom is -0.330 e. The molecule has 0 fully saturated rings. The number of fused-ring (bicyclic) bond motifs is 1. The molecule has 0 bridgehead atoms. The van der Waals surface area contributed by atoms with E-state index in [4.69, 9.17) is 0 Å². The molecule has 0 radical (unpaired) electrons. The summed E-state index contributed by atoms with van der Waals surface area (Å²) in [5.74, 6) is 0.169. The van der Waals surface area contributed by atoms with E-state index in [2.05, 4.69) is 20.6 Å². The Kier molecular flexibility index (Phi) is 2.85. The third kappa shape index (κ3) is 2.02. The molecule has 94 valence electrons. The van der Waals surface area contributed by atoms with E-state index in [1.807, 2.05) is 0 Å². The zero-order valence-electron chi connectivity index (χ0n) is 9.93. The smallest absolute Gasteiger partial charge is 0.293 e. The van der Waals surface area contributed by atoms with Crippen LogP contribution in [0, 0.1) is 0 Å².